The maximum Gasteiger partial charge on any atom is 0.202 e. The predicted octanol–water partition coefficient (Wildman–Crippen LogP) is 3.42. The summed E-state index contributed by atoms with van der Waals surface area (Å²) < 4.78 is 28.4. The summed E-state index contributed by atoms with van der Waals surface area (Å²) in [4.78, 5) is 3.60. The third kappa shape index (κ3) is 5.83. The van der Waals surface area contributed by atoms with E-state index in [1.807, 2.05) is 0 Å². The second-order valence-electron chi connectivity index (χ2n) is 6.73. The number of ether oxygens (including phenoxy) is 3. The van der Waals surface area contributed by atoms with Crippen LogP contribution in [0.3, 0.4) is 0 Å². The summed E-state index contributed by atoms with van der Waals surface area (Å²) in [5.41, 5.74) is 1.39. The molecule has 0 spiro atoms. The van der Waals surface area contributed by atoms with Crippen molar-refractivity contribution < 1.29 is 39.0 Å². The summed E-state index contributed by atoms with van der Waals surface area (Å²) in [5, 5.41) is 29.8. The molecule has 29 heavy (non-hydrogen) atoms. The predicted molar refractivity (Wildman–Crippen MR) is 103 cm³/mol. The largest absolute Gasteiger partial charge is 0.508 e. The maximum atomic E-state index is 12.1. The summed E-state index contributed by atoms with van der Waals surface area (Å²) in [6.07, 6.45) is 1.86. The fraction of sp³-hybridized carbons (Fsp3) is 0.333. The molecule has 156 valence electrons. The molecular formula is C21H23FO7. The van der Waals surface area contributed by atoms with Crippen LogP contribution in [0.25, 0.3) is 12.2 Å². The summed E-state index contributed by atoms with van der Waals surface area (Å²) in [7, 11) is 1.47. The molecule has 3 atom stereocenters. The normalized spacial score (nSPS) is 22.0. The van der Waals surface area contributed by atoms with Crippen LogP contribution < -0.4 is 9.47 Å². The van der Waals surface area contributed by atoms with Crippen molar-refractivity contribution in [2.75, 3.05) is 13.7 Å². The van der Waals surface area contributed by atoms with Crippen molar-refractivity contribution in [1.29, 1.82) is 0 Å². The molecule has 0 aromatic heterocycles. The third-order valence-electron chi connectivity index (χ3n) is 4.44. The van der Waals surface area contributed by atoms with E-state index >= 15 is 0 Å². The zero-order valence-corrected chi connectivity index (χ0v) is 15.8. The molecule has 0 saturated carbocycles. The van der Waals surface area contributed by atoms with Crippen LogP contribution >= 0.6 is 0 Å². The van der Waals surface area contributed by atoms with Crippen molar-refractivity contribution in [2.45, 2.75) is 31.3 Å². The summed E-state index contributed by atoms with van der Waals surface area (Å²) >= 11 is 0. The Labute approximate surface area is 167 Å². The smallest absolute Gasteiger partial charge is 0.202 e. The fourth-order valence-electron chi connectivity index (χ4n) is 3.13. The van der Waals surface area contributed by atoms with Crippen LogP contribution in [0.5, 0.6) is 23.0 Å². The first-order chi connectivity index (χ1) is 14.0. The molecule has 0 aliphatic carbocycles. The molecule has 1 aliphatic heterocycles. The van der Waals surface area contributed by atoms with Crippen LogP contribution in [0.15, 0.2) is 36.4 Å². The number of hydrogen-bond acceptors (Lipinski definition) is 7. The van der Waals surface area contributed by atoms with Gasteiger partial charge in [-0.2, -0.15) is 4.94 Å². The number of phenols is 2. The highest BCUT2D eigenvalue weighted by Crippen LogP contribution is 2.29. The van der Waals surface area contributed by atoms with Gasteiger partial charge in [-0.1, -0.05) is 18.2 Å². The third-order valence-corrected chi connectivity index (χ3v) is 4.44. The molecule has 2 aromatic carbocycles. The number of hydrogen-bond donors (Lipinski definition) is 3. The average Bonchev–Trinajstić information content (AvgIpc) is 2.66. The zero-order valence-electron chi connectivity index (χ0n) is 15.8. The van der Waals surface area contributed by atoms with E-state index in [2.05, 4.69) is 4.94 Å². The van der Waals surface area contributed by atoms with Crippen LogP contribution in [0.2, 0.25) is 0 Å². The maximum absolute atomic E-state index is 12.1. The van der Waals surface area contributed by atoms with Gasteiger partial charge < -0.3 is 29.5 Å². The van der Waals surface area contributed by atoms with Gasteiger partial charge in [-0.05, 0) is 39.9 Å². The quantitative estimate of drug-likeness (QED) is 0.606. The lowest BCUT2D eigenvalue weighted by molar-refractivity contribution is -0.226. The van der Waals surface area contributed by atoms with Crippen molar-refractivity contribution in [3.05, 3.63) is 47.5 Å². The number of aliphatic hydroxyl groups is 1. The number of methoxy groups -OCH3 is 1. The van der Waals surface area contributed by atoms with Crippen molar-refractivity contribution in [3.63, 3.8) is 0 Å². The van der Waals surface area contributed by atoms with E-state index in [0.29, 0.717) is 17.1 Å². The van der Waals surface area contributed by atoms with Gasteiger partial charge in [-0.25, -0.2) is 0 Å². The Hall–Kier alpha value is -2.81. The molecule has 3 rings (SSSR count). The topological polar surface area (TPSA) is 97.6 Å². The Morgan fingerprint density at radius 1 is 1.10 bits per heavy atom. The van der Waals surface area contributed by atoms with Crippen LogP contribution in [-0.2, 0) is 9.68 Å². The van der Waals surface area contributed by atoms with Crippen LogP contribution in [0.4, 0.5) is 4.53 Å². The highest BCUT2D eigenvalue weighted by molar-refractivity contribution is 5.72. The minimum atomic E-state index is -0.795. The van der Waals surface area contributed by atoms with Crippen LogP contribution in [0, 0.1) is 0 Å². The highest BCUT2D eigenvalue weighted by Gasteiger charge is 2.30. The van der Waals surface area contributed by atoms with E-state index in [4.69, 9.17) is 14.2 Å². The van der Waals surface area contributed by atoms with Gasteiger partial charge in [-0.15, -0.1) is 0 Å². The molecule has 1 aliphatic rings. The second-order valence-corrected chi connectivity index (χ2v) is 6.73. The van der Waals surface area contributed by atoms with Gasteiger partial charge in [0.25, 0.3) is 0 Å². The van der Waals surface area contributed by atoms with Gasteiger partial charge in [0.2, 0.25) is 6.29 Å². The summed E-state index contributed by atoms with van der Waals surface area (Å²) in [6, 6.07) is 9.63. The van der Waals surface area contributed by atoms with Crippen LogP contribution in [0.1, 0.15) is 24.0 Å². The Morgan fingerprint density at radius 3 is 2.62 bits per heavy atom. The molecular weight excluding hydrogens is 383 g/mol. The van der Waals surface area contributed by atoms with Crippen molar-refractivity contribution in [3.8, 4) is 23.0 Å². The minimum Gasteiger partial charge on any atom is -0.508 e. The van der Waals surface area contributed by atoms with Gasteiger partial charge in [-0.3, -0.25) is 0 Å². The van der Waals surface area contributed by atoms with Gasteiger partial charge in [0.1, 0.15) is 18.1 Å². The lowest BCUT2D eigenvalue weighted by atomic mass is 10.1. The number of aliphatic hydroxyl groups excluding tert-OH is 1. The molecule has 1 saturated heterocycles. The van der Waals surface area contributed by atoms with Crippen molar-refractivity contribution >= 4 is 12.2 Å². The monoisotopic (exact) mass is 406 g/mol. The number of benzene rings is 2. The Bertz CT molecular complexity index is 855. The van der Waals surface area contributed by atoms with Gasteiger partial charge in [0.05, 0.1) is 19.3 Å². The van der Waals surface area contributed by atoms with Crippen molar-refractivity contribution in [2.24, 2.45) is 0 Å². The molecule has 7 nitrogen and oxygen atoms in total. The fourth-order valence-corrected chi connectivity index (χ4v) is 3.13. The standard InChI is InChI=1S/C21H23FO7/c1-26-20-5-4-13(8-19(20)25)2-3-14-6-15(23)9-17(7-14)28-21-11-16(24)10-18(29-21)12-27-22/h2-9,16,18,21,23-25H,10-12H2,1H3/b3-2+/t16-,18-,21?/m0/s1. The van der Waals surface area contributed by atoms with E-state index < -0.39 is 18.5 Å². The minimum absolute atomic E-state index is 0.0141. The lowest BCUT2D eigenvalue weighted by Gasteiger charge is -2.32. The first-order valence-corrected chi connectivity index (χ1v) is 9.09. The molecule has 1 fully saturated rings. The molecule has 0 bridgehead atoms. The molecule has 3 N–H and O–H groups in total. The van der Waals surface area contributed by atoms with Gasteiger partial charge >= 0.3 is 0 Å². The molecule has 0 radical (unpaired) electrons. The second kappa shape index (κ2) is 9.60. The zero-order chi connectivity index (χ0) is 20.8. The molecule has 1 heterocycles. The molecule has 1 unspecified atom stereocenters. The van der Waals surface area contributed by atoms with Gasteiger partial charge in [0.15, 0.2) is 11.5 Å². The number of halogens is 1. The number of phenolic OH excluding ortho intramolecular Hbond substituents is 2. The Morgan fingerprint density at radius 2 is 1.90 bits per heavy atom. The van der Waals surface area contributed by atoms with E-state index in [1.54, 1.807) is 42.5 Å². The SMILES string of the molecule is COc1ccc(/C=C/c2cc(O)cc(OC3C[C@@H](O)C[C@@H](COF)O3)c2)cc1O. The van der Waals surface area contributed by atoms with Crippen LogP contribution in [-0.4, -0.2) is 47.5 Å². The molecule has 2 aromatic rings. The summed E-state index contributed by atoms with van der Waals surface area (Å²) in [5.74, 6) is 0.719. The van der Waals surface area contributed by atoms with E-state index in [9.17, 15) is 19.8 Å². The Balaban J connectivity index is 1.71. The summed E-state index contributed by atoms with van der Waals surface area (Å²) in [6.45, 7) is -0.292. The first-order valence-electron chi connectivity index (χ1n) is 9.09. The van der Waals surface area contributed by atoms with Crippen molar-refractivity contribution in [1.82, 2.24) is 0 Å². The first kappa shape index (κ1) is 20.9. The Kier molecular flexibility index (Phi) is 6.92. The highest BCUT2D eigenvalue weighted by atomic mass is 19.3. The van der Waals surface area contributed by atoms with E-state index in [1.165, 1.54) is 13.2 Å². The lowest BCUT2D eigenvalue weighted by Crippen LogP contribution is -2.40. The van der Waals surface area contributed by atoms with Gasteiger partial charge in [0, 0.05) is 18.9 Å². The number of rotatable bonds is 7. The number of aromatic hydroxyl groups is 2. The van der Waals surface area contributed by atoms with E-state index in [-0.39, 0.29) is 30.9 Å². The molecule has 0 amide bonds. The molecule has 8 heteroatoms. The average molecular weight is 406 g/mol. The van der Waals surface area contributed by atoms with E-state index in [0.717, 1.165) is 5.56 Å².